The number of carbonyl (C=O) groups excluding carboxylic acids is 1. The first-order valence-corrected chi connectivity index (χ1v) is 9.80. The summed E-state index contributed by atoms with van der Waals surface area (Å²) in [5.41, 5.74) is 8.78. The van der Waals surface area contributed by atoms with Gasteiger partial charge in [-0.1, -0.05) is 12.1 Å². The van der Waals surface area contributed by atoms with Crippen LogP contribution >= 0.6 is 0 Å². The predicted molar refractivity (Wildman–Crippen MR) is 117 cm³/mol. The summed E-state index contributed by atoms with van der Waals surface area (Å²) >= 11 is 0. The van der Waals surface area contributed by atoms with Crippen LogP contribution in [0.1, 0.15) is 6.92 Å². The molecular weight excluding hydrogens is 382 g/mol. The number of rotatable bonds is 4. The van der Waals surface area contributed by atoms with Crippen molar-refractivity contribution >= 4 is 28.6 Å². The van der Waals surface area contributed by atoms with Crippen molar-refractivity contribution in [1.29, 1.82) is 0 Å². The Morgan fingerprint density at radius 1 is 0.933 bits per heavy atom. The number of nitrogens with two attached hydrogens (primary N) is 1. The van der Waals surface area contributed by atoms with Crippen molar-refractivity contribution in [3.8, 4) is 22.6 Å². The molecule has 0 unspecified atom stereocenters. The Bertz CT molecular complexity index is 1090. The number of carbonyl (C=O) groups is 1. The van der Waals surface area contributed by atoms with Crippen molar-refractivity contribution in [1.82, 2.24) is 14.9 Å². The Labute approximate surface area is 175 Å². The van der Waals surface area contributed by atoms with E-state index in [9.17, 15) is 4.79 Å². The number of ether oxygens (including phenoxy) is 2. The lowest BCUT2D eigenvalue weighted by Crippen LogP contribution is -2.48. The molecule has 0 saturated carbocycles. The zero-order valence-corrected chi connectivity index (χ0v) is 17.4. The molecule has 0 bridgehead atoms. The van der Waals surface area contributed by atoms with Gasteiger partial charge < -0.3 is 25.0 Å². The molecule has 2 aromatic carbocycles. The van der Waals surface area contributed by atoms with Crippen LogP contribution in [-0.4, -0.2) is 61.2 Å². The molecule has 0 radical (unpaired) electrons. The highest BCUT2D eigenvalue weighted by atomic mass is 16.5. The van der Waals surface area contributed by atoms with E-state index in [1.807, 2.05) is 35.2 Å². The van der Waals surface area contributed by atoms with Gasteiger partial charge in [0, 0.05) is 38.5 Å². The fourth-order valence-corrected chi connectivity index (χ4v) is 3.80. The molecule has 0 atom stereocenters. The van der Waals surface area contributed by atoms with Gasteiger partial charge in [-0.2, -0.15) is 4.98 Å². The molecule has 8 heteroatoms. The van der Waals surface area contributed by atoms with Gasteiger partial charge in [-0.3, -0.25) is 4.79 Å². The van der Waals surface area contributed by atoms with Crippen LogP contribution < -0.4 is 20.1 Å². The predicted octanol–water partition coefficient (Wildman–Crippen LogP) is 2.56. The summed E-state index contributed by atoms with van der Waals surface area (Å²) in [6.07, 6.45) is 0. The quantitative estimate of drug-likeness (QED) is 0.710. The highest BCUT2D eigenvalue weighted by molar-refractivity contribution is 5.94. The van der Waals surface area contributed by atoms with E-state index in [0.29, 0.717) is 37.7 Å². The van der Waals surface area contributed by atoms with Crippen LogP contribution in [0.2, 0.25) is 0 Å². The molecule has 1 aliphatic rings. The molecule has 8 nitrogen and oxygen atoms in total. The number of piperazine rings is 1. The van der Waals surface area contributed by atoms with Crippen LogP contribution in [0, 0.1) is 0 Å². The molecule has 0 spiro atoms. The average Bonchev–Trinajstić information content (AvgIpc) is 2.77. The Kier molecular flexibility index (Phi) is 5.31. The number of fused-ring (bicyclic) bond motifs is 1. The number of anilines is 2. The molecular formula is C22H25N5O3. The Hall–Kier alpha value is -3.55. The minimum Gasteiger partial charge on any atom is -0.493 e. The number of methoxy groups -OCH3 is 2. The van der Waals surface area contributed by atoms with E-state index >= 15 is 0 Å². The van der Waals surface area contributed by atoms with Gasteiger partial charge >= 0.3 is 0 Å². The molecule has 4 rings (SSSR count). The lowest BCUT2D eigenvalue weighted by molar-refractivity contribution is -0.129. The molecule has 2 heterocycles. The van der Waals surface area contributed by atoms with E-state index in [0.717, 1.165) is 27.8 Å². The van der Waals surface area contributed by atoms with Crippen LogP contribution in [0.4, 0.5) is 11.8 Å². The molecule has 0 aliphatic carbocycles. The number of hydrogen-bond acceptors (Lipinski definition) is 7. The Morgan fingerprint density at radius 3 is 2.27 bits per heavy atom. The van der Waals surface area contributed by atoms with Crippen molar-refractivity contribution in [2.24, 2.45) is 0 Å². The second-order valence-corrected chi connectivity index (χ2v) is 7.20. The highest BCUT2D eigenvalue weighted by Crippen LogP contribution is 2.35. The maximum Gasteiger partial charge on any atom is 0.222 e. The first-order valence-electron chi connectivity index (χ1n) is 9.80. The van der Waals surface area contributed by atoms with Crippen LogP contribution in [0.15, 0.2) is 36.4 Å². The Morgan fingerprint density at radius 2 is 1.60 bits per heavy atom. The van der Waals surface area contributed by atoms with Gasteiger partial charge in [0.05, 0.1) is 19.7 Å². The molecule has 156 valence electrons. The van der Waals surface area contributed by atoms with E-state index in [-0.39, 0.29) is 11.9 Å². The van der Waals surface area contributed by atoms with Crippen molar-refractivity contribution < 1.29 is 14.3 Å². The molecule has 1 amide bonds. The number of aromatic nitrogens is 2. The van der Waals surface area contributed by atoms with Gasteiger partial charge in [0.1, 0.15) is 5.82 Å². The molecule has 1 saturated heterocycles. The fraction of sp³-hybridized carbons (Fsp3) is 0.318. The third-order valence-electron chi connectivity index (χ3n) is 5.43. The van der Waals surface area contributed by atoms with E-state index in [2.05, 4.69) is 20.9 Å². The SMILES string of the molecule is COc1ccc(-c2ccc3nc(N)nc(N4CCN(C(C)=O)CC4)c3c2)cc1OC. The van der Waals surface area contributed by atoms with Gasteiger partial charge in [0.2, 0.25) is 11.9 Å². The zero-order valence-electron chi connectivity index (χ0n) is 17.4. The van der Waals surface area contributed by atoms with Crippen molar-refractivity contribution in [3.63, 3.8) is 0 Å². The fourth-order valence-electron chi connectivity index (χ4n) is 3.80. The lowest BCUT2D eigenvalue weighted by atomic mass is 10.0. The maximum absolute atomic E-state index is 11.7. The molecule has 1 aliphatic heterocycles. The van der Waals surface area contributed by atoms with Crippen LogP contribution in [0.5, 0.6) is 11.5 Å². The second kappa shape index (κ2) is 8.06. The summed E-state index contributed by atoms with van der Waals surface area (Å²) in [4.78, 5) is 24.6. The van der Waals surface area contributed by atoms with Crippen LogP contribution in [-0.2, 0) is 4.79 Å². The average molecular weight is 407 g/mol. The number of benzene rings is 2. The molecule has 1 aromatic heterocycles. The molecule has 3 aromatic rings. The smallest absolute Gasteiger partial charge is 0.222 e. The van der Waals surface area contributed by atoms with E-state index in [1.165, 1.54) is 0 Å². The van der Waals surface area contributed by atoms with Crippen LogP contribution in [0.3, 0.4) is 0 Å². The zero-order chi connectivity index (χ0) is 21.3. The third kappa shape index (κ3) is 3.68. The topological polar surface area (TPSA) is 93.8 Å². The van der Waals surface area contributed by atoms with E-state index in [1.54, 1.807) is 21.1 Å². The maximum atomic E-state index is 11.7. The monoisotopic (exact) mass is 407 g/mol. The minimum absolute atomic E-state index is 0.0949. The van der Waals surface area contributed by atoms with Gasteiger partial charge in [0.15, 0.2) is 11.5 Å². The summed E-state index contributed by atoms with van der Waals surface area (Å²) in [7, 11) is 3.24. The van der Waals surface area contributed by atoms with Gasteiger partial charge in [0.25, 0.3) is 0 Å². The summed E-state index contributed by atoms with van der Waals surface area (Å²) in [6, 6.07) is 11.9. The summed E-state index contributed by atoms with van der Waals surface area (Å²) in [5, 5.41) is 0.924. The normalized spacial score (nSPS) is 14.1. The van der Waals surface area contributed by atoms with E-state index in [4.69, 9.17) is 15.2 Å². The van der Waals surface area contributed by atoms with E-state index < -0.39 is 0 Å². The summed E-state index contributed by atoms with van der Waals surface area (Å²) in [6.45, 7) is 4.33. The van der Waals surface area contributed by atoms with Crippen molar-refractivity contribution in [3.05, 3.63) is 36.4 Å². The molecule has 30 heavy (non-hydrogen) atoms. The number of nitrogens with zero attached hydrogens (tertiary/aromatic N) is 4. The van der Waals surface area contributed by atoms with Gasteiger partial charge in [-0.25, -0.2) is 4.98 Å². The Balaban J connectivity index is 1.75. The first kappa shape index (κ1) is 19.8. The van der Waals surface area contributed by atoms with Crippen molar-refractivity contribution in [2.45, 2.75) is 6.92 Å². The second-order valence-electron chi connectivity index (χ2n) is 7.20. The van der Waals surface area contributed by atoms with Gasteiger partial charge in [-0.15, -0.1) is 0 Å². The molecule has 1 fully saturated rings. The van der Waals surface area contributed by atoms with Gasteiger partial charge in [-0.05, 0) is 35.4 Å². The van der Waals surface area contributed by atoms with Crippen LogP contribution in [0.25, 0.3) is 22.0 Å². The van der Waals surface area contributed by atoms with Crippen molar-refractivity contribution in [2.75, 3.05) is 51.0 Å². The lowest BCUT2D eigenvalue weighted by Gasteiger charge is -2.35. The standard InChI is InChI=1S/C22H25N5O3/c1-14(28)26-8-10-27(11-9-26)21-17-12-15(4-6-18(17)24-22(23)25-21)16-5-7-19(29-2)20(13-16)30-3/h4-7,12-13H,8-11H2,1-3H3,(H2,23,24,25). The summed E-state index contributed by atoms with van der Waals surface area (Å²) in [5.74, 6) is 2.48. The molecule has 2 N–H and O–H groups in total. The highest BCUT2D eigenvalue weighted by Gasteiger charge is 2.22. The minimum atomic E-state index is 0.0949. The summed E-state index contributed by atoms with van der Waals surface area (Å²) < 4.78 is 10.8. The number of nitrogen functional groups attached to an aromatic ring is 1. The number of hydrogen-bond donors (Lipinski definition) is 1. The first-order chi connectivity index (χ1) is 14.5. The largest absolute Gasteiger partial charge is 0.493 e. The third-order valence-corrected chi connectivity index (χ3v) is 5.43. The number of amides is 1.